The van der Waals surface area contributed by atoms with Gasteiger partial charge in [0, 0.05) is 0 Å². The second kappa shape index (κ2) is 6.10. The van der Waals surface area contributed by atoms with E-state index in [4.69, 9.17) is 15.2 Å². The van der Waals surface area contributed by atoms with Crippen molar-refractivity contribution in [3.05, 3.63) is 0 Å². The third-order valence-electron chi connectivity index (χ3n) is 2.96. The lowest BCUT2D eigenvalue weighted by atomic mass is 9.78. The Labute approximate surface area is 89.6 Å². The lowest BCUT2D eigenvalue weighted by Crippen LogP contribution is -2.40. The zero-order valence-corrected chi connectivity index (χ0v) is 8.72. The average Bonchev–Trinajstić information content (AvgIpc) is 2.17. The number of nitrogens with one attached hydrogen (secondary N) is 1. The van der Waals surface area contributed by atoms with Crippen molar-refractivity contribution in [3.8, 4) is 0 Å². The first-order chi connectivity index (χ1) is 7.11. The highest BCUT2D eigenvalue weighted by molar-refractivity contribution is 6.40. The molecule has 4 N–H and O–H groups in total. The van der Waals surface area contributed by atoms with Crippen molar-refractivity contribution < 1.29 is 19.9 Å². The summed E-state index contributed by atoms with van der Waals surface area (Å²) in [6.45, 7) is 1.48. The normalized spacial score (nSPS) is 26.3. The van der Waals surface area contributed by atoms with Crippen LogP contribution in [0.2, 0.25) is 6.32 Å². The van der Waals surface area contributed by atoms with Gasteiger partial charge >= 0.3 is 13.1 Å². The summed E-state index contributed by atoms with van der Waals surface area (Å²) in [4.78, 5) is 10.9. The van der Waals surface area contributed by atoms with Gasteiger partial charge in [-0.2, -0.15) is 0 Å². The predicted molar refractivity (Wildman–Crippen MR) is 56.3 cm³/mol. The van der Waals surface area contributed by atoms with Crippen molar-refractivity contribution in [1.29, 1.82) is 0 Å². The summed E-state index contributed by atoms with van der Waals surface area (Å²) in [5.41, 5.74) is 0. The first kappa shape index (κ1) is 12.5. The number of aliphatic carboxylic acids is 1. The van der Waals surface area contributed by atoms with Crippen LogP contribution in [0.4, 0.5) is 0 Å². The molecular weight excluding hydrogens is 197 g/mol. The van der Waals surface area contributed by atoms with E-state index in [1.807, 2.05) is 0 Å². The van der Waals surface area contributed by atoms with Crippen LogP contribution in [0, 0.1) is 11.8 Å². The molecule has 0 aromatic carbocycles. The van der Waals surface area contributed by atoms with Gasteiger partial charge in [0.25, 0.3) is 0 Å². The average molecular weight is 215 g/mol. The van der Waals surface area contributed by atoms with Crippen LogP contribution in [0.3, 0.4) is 0 Å². The molecule has 1 fully saturated rings. The molecule has 6 heteroatoms. The summed E-state index contributed by atoms with van der Waals surface area (Å²) in [5, 5.41) is 29.5. The number of rotatable bonds is 5. The number of carboxylic acid groups (broad SMARTS) is 1. The van der Waals surface area contributed by atoms with Crippen molar-refractivity contribution in [2.24, 2.45) is 11.8 Å². The smallest absolute Gasteiger partial charge is 0.451 e. The maximum absolute atomic E-state index is 10.9. The van der Waals surface area contributed by atoms with E-state index in [0.717, 1.165) is 19.5 Å². The molecule has 2 atom stereocenters. The highest BCUT2D eigenvalue weighted by Gasteiger charge is 2.30. The minimum absolute atomic E-state index is 0.120. The van der Waals surface area contributed by atoms with Gasteiger partial charge < -0.3 is 20.5 Å². The Kier molecular flexibility index (Phi) is 5.07. The zero-order valence-electron chi connectivity index (χ0n) is 8.72. The fourth-order valence-corrected chi connectivity index (χ4v) is 2.11. The van der Waals surface area contributed by atoms with Crippen LogP contribution in [0.5, 0.6) is 0 Å². The standard InChI is InChI=1S/C9H18BNO4/c12-9(13)8-3-5-11-6-7(8)2-1-4-10(14)15/h7-8,11,14-15H,1-6H2,(H,12,13)/t7-,8?/m0/s1. The molecule has 0 spiro atoms. The minimum Gasteiger partial charge on any atom is -0.481 e. The van der Waals surface area contributed by atoms with Crippen LogP contribution in [-0.4, -0.2) is 41.3 Å². The zero-order chi connectivity index (χ0) is 11.3. The number of piperidine rings is 1. The third kappa shape index (κ3) is 4.19. The molecule has 1 unspecified atom stereocenters. The molecule has 1 aliphatic heterocycles. The fourth-order valence-electron chi connectivity index (χ4n) is 2.11. The van der Waals surface area contributed by atoms with Gasteiger partial charge in [0.1, 0.15) is 0 Å². The minimum atomic E-state index is -1.27. The van der Waals surface area contributed by atoms with Crippen molar-refractivity contribution >= 4 is 13.1 Å². The molecule has 1 aliphatic rings. The third-order valence-corrected chi connectivity index (χ3v) is 2.96. The molecular formula is C9H18BNO4. The van der Waals surface area contributed by atoms with E-state index in [0.29, 0.717) is 19.2 Å². The Morgan fingerprint density at radius 1 is 1.47 bits per heavy atom. The summed E-state index contributed by atoms with van der Waals surface area (Å²) in [5.74, 6) is -0.886. The second-order valence-corrected chi connectivity index (χ2v) is 4.11. The Bertz CT molecular complexity index is 212. The lowest BCUT2D eigenvalue weighted by Gasteiger charge is -2.29. The molecule has 1 heterocycles. The Morgan fingerprint density at radius 2 is 2.20 bits per heavy atom. The van der Waals surface area contributed by atoms with Gasteiger partial charge in [0.05, 0.1) is 5.92 Å². The van der Waals surface area contributed by atoms with Crippen LogP contribution >= 0.6 is 0 Å². The second-order valence-electron chi connectivity index (χ2n) is 4.11. The van der Waals surface area contributed by atoms with E-state index in [9.17, 15) is 4.79 Å². The van der Waals surface area contributed by atoms with Gasteiger partial charge in [-0.1, -0.05) is 6.42 Å². The number of hydrogen-bond acceptors (Lipinski definition) is 4. The quantitative estimate of drug-likeness (QED) is 0.466. The summed E-state index contributed by atoms with van der Waals surface area (Å²) in [7, 11) is -1.27. The molecule has 0 bridgehead atoms. The van der Waals surface area contributed by atoms with Crippen LogP contribution < -0.4 is 5.32 Å². The summed E-state index contributed by atoms with van der Waals surface area (Å²) in [6.07, 6.45) is 2.39. The maximum Gasteiger partial charge on any atom is 0.451 e. The fraction of sp³-hybridized carbons (Fsp3) is 0.889. The molecule has 5 nitrogen and oxygen atoms in total. The van der Waals surface area contributed by atoms with E-state index < -0.39 is 13.1 Å². The molecule has 0 amide bonds. The van der Waals surface area contributed by atoms with Gasteiger partial charge in [0.15, 0.2) is 0 Å². The van der Waals surface area contributed by atoms with Crippen molar-refractivity contribution in [3.63, 3.8) is 0 Å². The topological polar surface area (TPSA) is 89.8 Å². The summed E-state index contributed by atoms with van der Waals surface area (Å²) >= 11 is 0. The molecule has 0 saturated carbocycles. The first-order valence-electron chi connectivity index (χ1n) is 5.41. The maximum atomic E-state index is 10.9. The number of carboxylic acids is 1. The highest BCUT2D eigenvalue weighted by atomic mass is 16.4. The van der Waals surface area contributed by atoms with Crippen molar-refractivity contribution in [1.82, 2.24) is 5.32 Å². The molecule has 1 rings (SSSR count). The van der Waals surface area contributed by atoms with Gasteiger partial charge in [-0.05, 0) is 38.2 Å². The van der Waals surface area contributed by atoms with Gasteiger partial charge in [-0.25, -0.2) is 0 Å². The van der Waals surface area contributed by atoms with Crippen LogP contribution in [0.1, 0.15) is 19.3 Å². The van der Waals surface area contributed by atoms with E-state index in [-0.39, 0.29) is 11.8 Å². The SMILES string of the molecule is O=C(O)C1CCNC[C@@H]1CCCB(O)O. The van der Waals surface area contributed by atoms with Gasteiger partial charge in [0.2, 0.25) is 0 Å². The number of carbonyl (C=O) groups is 1. The summed E-state index contributed by atoms with van der Waals surface area (Å²) < 4.78 is 0. The molecule has 86 valence electrons. The van der Waals surface area contributed by atoms with E-state index in [2.05, 4.69) is 5.32 Å². The summed E-state index contributed by atoms with van der Waals surface area (Å²) in [6, 6.07) is 0. The molecule has 0 aromatic heterocycles. The van der Waals surface area contributed by atoms with Crippen molar-refractivity contribution in [2.45, 2.75) is 25.6 Å². The Balaban J connectivity index is 2.33. The van der Waals surface area contributed by atoms with Crippen LogP contribution in [-0.2, 0) is 4.79 Å². The van der Waals surface area contributed by atoms with Crippen LogP contribution in [0.15, 0.2) is 0 Å². The molecule has 15 heavy (non-hydrogen) atoms. The van der Waals surface area contributed by atoms with Crippen LogP contribution in [0.25, 0.3) is 0 Å². The first-order valence-corrected chi connectivity index (χ1v) is 5.41. The lowest BCUT2D eigenvalue weighted by molar-refractivity contribution is -0.144. The monoisotopic (exact) mass is 215 g/mol. The molecule has 0 aliphatic carbocycles. The van der Waals surface area contributed by atoms with E-state index >= 15 is 0 Å². The molecule has 0 radical (unpaired) electrons. The Hall–Kier alpha value is -0.585. The van der Waals surface area contributed by atoms with E-state index in [1.54, 1.807) is 0 Å². The highest BCUT2D eigenvalue weighted by Crippen LogP contribution is 2.24. The molecule has 1 saturated heterocycles. The number of hydrogen-bond donors (Lipinski definition) is 4. The Morgan fingerprint density at radius 3 is 2.80 bits per heavy atom. The van der Waals surface area contributed by atoms with E-state index in [1.165, 1.54) is 0 Å². The van der Waals surface area contributed by atoms with Gasteiger partial charge in [-0.15, -0.1) is 0 Å². The largest absolute Gasteiger partial charge is 0.481 e. The molecule has 0 aromatic rings. The van der Waals surface area contributed by atoms with Crippen molar-refractivity contribution in [2.75, 3.05) is 13.1 Å². The van der Waals surface area contributed by atoms with Gasteiger partial charge in [-0.3, -0.25) is 4.79 Å². The predicted octanol–water partition coefficient (Wildman–Crippen LogP) is -0.450.